The molecule has 2 saturated carbocycles. The number of hydrogen-bond acceptors (Lipinski definition) is 3. The molecule has 1 heterocycles. The molecule has 3 N–H and O–H groups in total. The second kappa shape index (κ2) is 6.60. The minimum Gasteiger partial charge on any atom is -0.322 e. The van der Waals surface area contributed by atoms with Gasteiger partial charge in [-0.25, -0.2) is 0 Å². The number of nitrogens with two attached hydrogens (primary N) is 1. The molecule has 21 heavy (non-hydrogen) atoms. The molecule has 5 nitrogen and oxygen atoms in total. The van der Waals surface area contributed by atoms with Crippen LogP contribution in [0.5, 0.6) is 0 Å². The third-order valence-corrected chi connectivity index (χ3v) is 4.75. The lowest BCUT2D eigenvalue weighted by molar-refractivity contribution is -0.118. The summed E-state index contributed by atoms with van der Waals surface area (Å²) in [5, 5.41) is 6.83. The summed E-state index contributed by atoms with van der Waals surface area (Å²) in [4.78, 5) is 12.0. The fourth-order valence-electron chi connectivity index (χ4n) is 3.60. The van der Waals surface area contributed by atoms with Gasteiger partial charge < -0.3 is 11.1 Å². The van der Waals surface area contributed by atoms with Crippen molar-refractivity contribution < 1.29 is 4.79 Å². The van der Waals surface area contributed by atoms with Crippen LogP contribution in [-0.2, 0) is 11.8 Å². The van der Waals surface area contributed by atoms with E-state index in [-0.39, 0.29) is 5.91 Å². The zero-order chi connectivity index (χ0) is 15.5. The lowest BCUT2D eigenvalue weighted by Gasteiger charge is -2.54. The maximum absolute atomic E-state index is 12.0. The van der Waals surface area contributed by atoms with Gasteiger partial charge in [0.25, 0.3) is 0 Å². The maximum atomic E-state index is 12.0. The SMILES string of the molecule is CC.Cn1cc(NC(=O)C(N)CC2CC3(CCC3)C2)cn1. The largest absolute Gasteiger partial charge is 0.322 e. The number of nitrogens with one attached hydrogen (secondary N) is 1. The van der Waals surface area contributed by atoms with E-state index in [9.17, 15) is 4.79 Å². The molecular weight excluding hydrogens is 264 g/mol. The van der Waals surface area contributed by atoms with Gasteiger partial charge in [-0.1, -0.05) is 20.3 Å². The minimum absolute atomic E-state index is 0.0949. The molecule has 0 aliphatic heterocycles. The van der Waals surface area contributed by atoms with Gasteiger partial charge in [0.1, 0.15) is 0 Å². The summed E-state index contributed by atoms with van der Waals surface area (Å²) in [5.41, 5.74) is 7.36. The number of hydrogen-bond donors (Lipinski definition) is 2. The molecule has 1 spiro atoms. The van der Waals surface area contributed by atoms with Crippen LogP contribution >= 0.6 is 0 Å². The van der Waals surface area contributed by atoms with Gasteiger partial charge in [-0.05, 0) is 43.4 Å². The van der Waals surface area contributed by atoms with Crippen LogP contribution in [0, 0.1) is 11.3 Å². The summed E-state index contributed by atoms with van der Waals surface area (Å²) in [5.74, 6) is 0.553. The standard InChI is InChI=1S/C14H22N4O.C2H6/c1-18-9-11(8-16-18)17-13(19)12(15)5-10-6-14(7-10)3-2-4-14;1-2/h8-10,12H,2-7,15H2,1H3,(H,17,19);1-2H3. The Balaban J connectivity index is 0.000000774. The molecule has 0 saturated heterocycles. The molecule has 1 unspecified atom stereocenters. The first-order valence-electron chi connectivity index (χ1n) is 8.11. The van der Waals surface area contributed by atoms with Crippen molar-refractivity contribution in [2.45, 2.75) is 58.4 Å². The number of rotatable bonds is 4. The van der Waals surface area contributed by atoms with Gasteiger partial charge in [-0.15, -0.1) is 0 Å². The summed E-state index contributed by atoms with van der Waals surface area (Å²) in [6.07, 6.45) is 11.0. The first kappa shape index (κ1) is 16.0. The van der Waals surface area contributed by atoms with Gasteiger partial charge in [0.15, 0.2) is 0 Å². The number of carbonyl (C=O) groups excluding carboxylic acids is 1. The molecule has 1 atom stereocenters. The summed E-state index contributed by atoms with van der Waals surface area (Å²) in [6, 6.07) is -0.400. The van der Waals surface area contributed by atoms with Crippen LogP contribution in [0.3, 0.4) is 0 Å². The Morgan fingerprint density at radius 1 is 1.52 bits per heavy atom. The van der Waals surface area contributed by atoms with Gasteiger partial charge in [0.05, 0.1) is 17.9 Å². The molecule has 1 amide bonds. The Kier molecular flexibility index (Phi) is 5.04. The molecule has 0 aromatic carbocycles. The van der Waals surface area contributed by atoms with Crippen molar-refractivity contribution in [3.05, 3.63) is 12.4 Å². The molecule has 0 radical (unpaired) electrons. The van der Waals surface area contributed by atoms with Crippen molar-refractivity contribution in [1.82, 2.24) is 9.78 Å². The smallest absolute Gasteiger partial charge is 0.241 e. The first-order chi connectivity index (χ1) is 10.1. The lowest BCUT2D eigenvalue weighted by Crippen LogP contribution is -2.46. The van der Waals surface area contributed by atoms with Crippen LogP contribution in [0.2, 0.25) is 0 Å². The van der Waals surface area contributed by atoms with E-state index in [1.165, 1.54) is 32.1 Å². The topological polar surface area (TPSA) is 72.9 Å². The fraction of sp³-hybridized carbons (Fsp3) is 0.750. The Morgan fingerprint density at radius 2 is 2.19 bits per heavy atom. The van der Waals surface area contributed by atoms with Crippen molar-refractivity contribution in [2.75, 3.05) is 5.32 Å². The van der Waals surface area contributed by atoms with E-state index in [0.29, 0.717) is 17.0 Å². The number of amides is 1. The van der Waals surface area contributed by atoms with Crippen molar-refractivity contribution in [2.24, 2.45) is 24.1 Å². The van der Waals surface area contributed by atoms with Crippen LogP contribution in [0.1, 0.15) is 52.4 Å². The molecule has 1 aromatic heterocycles. The summed E-state index contributed by atoms with van der Waals surface area (Å²) in [6.45, 7) is 4.00. The van der Waals surface area contributed by atoms with E-state index >= 15 is 0 Å². The molecule has 0 bridgehead atoms. The zero-order valence-corrected chi connectivity index (χ0v) is 13.4. The monoisotopic (exact) mass is 292 g/mol. The van der Waals surface area contributed by atoms with Crippen LogP contribution in [0.25, 0.3) is 0 Å². The molecule has 5 heteroatoms. The summed E-state index contributed by atoms with van der Waals surface area (Å²) >= 11 is 0. The van der Waals surface area contributed by atoms with Gasteiger partial charge >= 0.3 is 0 Å². The molecule has 2 aliphatic carbocycles. The van der Waals surface area contributed by atoms with Gasteiger partial charge in [-0.3, -0.25) is 9.48 Å². The Labute approximate surface area is 127 Å². The molecular formula is C16H28N4O. The van der Waals surface area contributed by atoms with Gasteiger partial charge in [-0.2, -0.15) is 5.10 Å². The normalized spacial score (nSPS) is 20.8. The summed E-state index contributed by atoms with van der Waals surface area (Å²) in [7, 11) is 1.82. The maximum Gasteiger partial charge on any atom is 0.241 e. The Bertz CT molecular complexity index is 470. The number of carbonyl (C=O) groups is 1. The molecule has 3 rings (SSSR count). The second-order valence-corrected chi connectivity index (χ2v) is 6.36. The number of anilines is 1. The average molecular weight is 292 g/mol. The van der Waals surface area contributed by atoms with E-state index in [0.717, 1.165) is 6.42 Å². The molecule has 2 aliphatic rings. The van der Waals surface area contributed by atoms with E-state index in [1.807, 2.05) is 20.9 Å². The molecule has 2 fully saturated rings. The third-order valence-electron chi connectivity index (χ3n) is 4.75. The van der Waals surface area contributed by atoms with Crippen molar-refractivity contribution >= 4 is 11.6 Å². The average Bonchev–Trinajstić information content (AvgIpc) is 2.78. The predicted octanol–water partition coefficient (Wildman–Crippen LogP) is 2.68. The highest BCUT2D eigenvalue weighted by atomic mass is 16.2. The van der Waals surface area contributed by atoms with Crippen molar-refractivity contribution in [3.63, 3.8) is 0 Å². The van der Waals surface area contributed by atoms with Crippen molar-refractivity contribution in [1.29, 1.82) is 0 Å². The van der Waals surface area contributed by atoms with Gasteiger partial charge in [0.2, 0.25) is 5.91 Å². The van der Waals surface area contributed by atoms with Gasteiger partial charge in [0, 0.05) is 13.2 Å². The van der Waals surface area contributed by atoms with E-state index in [2.05, 4.69) is 10.4 Å². The quantitative estimate of drug-likeness (QED) is 0.896. The Morgan fingerprint density at radius 3 is 2.67 bits per heavy atom. The second-order valence-electron chi connectivity index (χ2n) is 6.36. The molecule has 118 valence electrons. The predicted molar refractivity (Wildman–Crippen MR) is 84.8 cm³/mol. The summed E-state index contributed by atoms with van der Waals surface area (Å²) < 4.78 is 1.66. The highest BCUT2D eigenvalue weighted by molar-refractivity contribution is 5.94. The van der Waals surface area contributed by atoms with Crippen molar-refractivity contribution in [3.8, 4) is 0 Å². The van der Waals surface area contributed by atoms with Crippen LogP contribution < -0.4 is 11.1 Å². The van der Waals surface area contributed by atoms with E-state index in [4.69, 9.17) is 5.73 Å². The molecule has 1 aromatic rings. The fourth-order valence-corrected chi connectivity index (χ4v) is 3.60. The van der Waals surface area contributed by atoms with Crippen LogP contribution in [-0.4, -0.2) is 21.7 Å². The van der Waals surface area contributed by atoms with Crippen LogP contribution in [0.15, 0.2) is 12.4 Å². The van der Waals surface area contributed by atoms with E-state index < -0.39 is 6.04 Å². The minimum atomic E-state index is -0.400. The van der Waals surface area contributed by atoms with E-state index in [1.54, 1.807) is 17.1 Å². The number of aromatic nitrogens is 2. The Hall–Kier alpha value is -1.36. The lowest BCUT2D eigenvalue weighted by atomic mass is 9.51. The highest BCUT2D eigenvalue weighted by Gasteiger charge is 2.48. The zero-order valence-electron chi connectivity index (χ0n) is 13.4. The highest BCUT2D eigenvalue weighted by Crippen LogP contribution is 2.59. The first-order valence-corrected chi connectivity index (χ1v) is 8.11. The number of aryl methyl sites for hydroxylation is 1. The third kappa shape index (κ3) is 3.64. The van der Waals surface area contributed by atoms with Crippen LogP contribution in [0.4, 0.5) is 5.69 Å². The number of nitrogens with zero attached hydrogens (tertiary/aromatic N) is 2.